The molecule has 4 aromatic heterocycles. The Bertz CT molecular complexity index is 1120. The highest BCUT2D eigenvalue weighted by Crippen LogP contribution is 2.27. The normalized spacial score (nSPS) is 11.3. The van der Waals surface area contributed by atoms with Gasteiger partial charge in [0.15, 0.2) is 11.5 Å². The van der Waals surface area contributed by atoms with Crippen LogP contribution in [-0.4, -0.2) is 35.1 Å². The molecule has 0 saturated carbocycles. The number of pyridine rings is 1. The number of nitrogens with one attached hydrogen (secondary N) is 2. The SMILES string of the molecule is c1ccc2[nH]c(-c3n[nH]c4ccc(-c5cncnc5)nc34)nc2c1. The lowest BCUT2D eigenvalue weighted by atomic mass is 10.2. The van der Waals surface area contributed by atoms with Crippen LogP contribution in [0.5, 0.6) is 0 Å². The van der Waals surface area contributed by atoms with Gasteiger partial charge in [0.25, 0.3) is 0 Å². The van der Waals surface area contributed by atoms with Crippen LogP contribution in [0.2, 0.25) is 0 Å². The summed E-state index contributed by atoms with van der Waals surface area (Å²) in [6.45, 7) is 0. The zero-order valence-corrected chi connectivity index (χ0v) is 12.4. The molecular formula is C17H11N7. The lowest BCUT2D eigenvalue weighted by Crippen LogP contribution is -1.88. The number of rotatable bonds is 2. The van der Waals surface area contributed by atoms with Gasteiger partial charge < -0.3 is 4.98 Å². The molecule has 5 rings (SSSR count). The van der Waals surface area contributed by atoms with Crippen molar-refractivity contribution in [1.82, 2.24) is 35.1 Å². The number of fused-ring (bicyclic) bond motifs is 2. The van der Waals surface area contributed by atoms with Crippen molar-refractivity contribution in [3.05, 3.63) is 55.1 Å². The van der Waals surface area contributed by atoms with Gasteiger partial charge in [-0.25, -0.2) is 19.9 Å². The largest absolute Gasteiger partial charge is 0.337 e. The predicted octanol–water partition coefficient (Wildman–Crippen LogP) is 2.96. The number of benzene rings is 1. The fraction of sp³-hybridized carbons (Fsp3) is 0. The molecule has 0 radical (unpaired) electrons. The zero-order valence-electron chi connectivity index (χ0n) is 12.4. The number of aromatic amines is 2. The summed E-state index contributed by atoms with van der Waals surface area (Å²) in [6.07, 6.45) is 4.98. The smallest absolute Gasteiger partial charge is 0.161 e. The van der Waals surface area contributed by atoms with E-state index >= 15 is 0 Å². The van der Waals surface area contributed by atoms with Crippen LogP contribution in [0.15, 0.2) is 55.1 Å². The first-order chi connectivity index (χ1) is 11.9. The highest BCUT2D eigenvalue weighted by atomic mass is 15.1. The molecule has 24 heavy (non-hydrogen) atoms. The minimum atomic E-state index is 0.691. The van der Waals surface area contributed by atoms with Gasteiger partial charge in [-0.15, -0.1) is 0 Å². The zero-order chi connectivity index (χ0) is 15.9. The van der Waals surface area contributed by atoms with Crippen LogP contribution in [0.25, 0.3) is 44.8 Å². The molecule has 0 unspecified atom stereocenters. The molecule has 5 aromatic rings. The van der Waals surface area contributed by atoms with Gasteiger partial charge in [-0.05, 0) is 24.3 Å². The molecule has 7 heteroatoms. The van der Waals surface area contributed by atoms with Gasteiger partial charge in [-0.3, -0.25) is 5.10 Å². The molecule has 0 aliphatic rings. The van der Waals surface area contributed by atoms with E-state index in [9.17, 15) is 0 Å². The maximum Gasteiger partial charge on any atom is 0.161 e. The van der Waals surface area contributed by atoms with Crippen LogP contribution < -0.4 is 0 Å². The number of H-pyrrole nitrogens is 2. The first-order valence-corrected chi connectivity index (χ1v) is 7.44. The number of imidazole rings is 1. The fourth-order valence-corrected chi connectivity index (χ4v) is 2.72. The minimum Gasteiger partial charge on any atom is -0.337 e. The summed E-state index contributed by atoms with van der Waals surface area (Å²) in [6, 6.07) is 11.7. The Labute approximate surface area is 135 Å². The Kier molecular flexibility index (Phi) is 2.66. The van der Waals surface area contributed by atoms with Crippen LogP contribution in [0, 0.1) is 0 Å². The second-order valence-corrected chi connectivity index (χ2v) is 5.39. The third kappa shape index (κ3) is 1.95. The van der Waals surface area contributed by atoms with Gasteiger partial charge in [0.2, 0.25) is 0 Å². The molecule has 0 amide bonds. The molecule has 114 valence electrons. The third-order valence-electron chi connectivity index (χ3n) is 3.88. The Morgan fingerprint density at radius 1 is 0.833 bits per heavy atom. The summed E-state index contributed by atoms with van der Waals surface area (Å²) in [5.41, 5.74) is 5.83. The van der Waals surface area contributed by atoms with Crippen LogP contribution in [0.1, 0.15) is 0 Å². The molecule has 0 aliphatic carbocycles. The standard InChI is InChI=1S/C17H11N7/c1-2-4-13-12(3-1)21-17(22-13)16-15-14(23-24-16)6-5-11(20-15)10-7-18-9-19-8-10/h1-9H,(H,21,22)(H,23,24). The number of hydrogen-bond donors (Lipinski definition) is 2. The molecule has 2 N–H and O–H groups in total. The van der Waals surface area contributed by atoms with E-state index in [0.717, 1.165) is 33.3 Å². The molecule has 0 atom stereocenters. The van der Waals surface area contributed by atoms with Crippen LogP contribution in [0.4, 0.5) is 0 Å². The minimum absolute atomic E-state index is 0.691. The van der Waals surface area contributed by atoms with E-state index in [-0.39, 0.29) is 0 Å². The number of hydrogen-bond acceptors (Lipinski definition) is 5. The van der Waals surface area contributed by atoms with Crippen molar-refractivity contribution in [2.24, 2.45) is 0 Å². The van der Waals surface area contributed by atoms with Crippen LogP contribution in [-0.2, 0) is 0 Å². The average molecular weight is 313 g/mol. The molecule has 0 bridgehead atoms. The Morgan fingerprint density at radius 3 is 2.58 bits per heavy atom. The molecule has 0 spiro atoms. The average Bonchev–Trinajstić information content (AvgIpc) is 3.25. The van der Waals surface area contributed by atoms with E-state index in [4.69, 9.17) is 4.98 Å². The summed E-state index contributed by atoms with van der Waals surface area (Å²) in [5, 5.41) is 7.39. The van der Waals surface area contributed by atoms with Crippen molar-refractivity contribution < 1.29 is 0 Å². The summed E-state index contributed by atoms with van der Waals surface area (Å²) in [7, 11) is 0. The fourth-order valence-electron chi connectivity index (χ4n) is 2.72. The summed E-state index contributed by atoms with van der Waals surface area (Å²) >= 11 is 0. The van der Waals surface area contributed by atoms with Gasteiger partial charge in [0.1, 0.15) is 11.8 Å². The molecule has 1 aromatic carbocycles. The number of nitrogens with zero attached hydrogens (tertiary/aromatic N) is 5. The Hall–Kier alpha value is -3.61. The third-order valence-corrected chi connectivity index (χ3v) is 3.88. The maximum absolute atomic E-state index is 4.72. The van der Waals surface area contributed by atoms with Crippen LogP contribution in [0.3, 0.4) is 0 Å². The predicted molar refractivity (Wildman–Crippen MR) is 90.0 cm³/mol. The van der Waals surface area contributed by atoms with E-state index in [1.807, 2.05) is 36.4 Å². The highest BCUT2D eigenvalue weighted by molar-refractivity contribution is 5.91. The monoisotopic (exact) mass is 313 g/mol. The van der Waals surface area contributed by atoms with E-state index in [0.29, 0.717) is 11.5 Å². The second-order valence-electron chi connectivity index (χ2n) is 5.39. The summed E-state index contributed by atoms with van der Waals surface area (Å²) < 4.78 is 0. The van der Waals surface area contributed by atoms with Crippen molar-refractivity contribution in [2.45, 2.75) is 0 Å². The maximum atomic E-state index is 4.72. The topological polar surface area (TPSA) is 96.0 Å². The van der Waals surface area contributed by atoms with E-state index in [2.05, 4.69) is 30.1 Å². The molecule has 4 heterocycles. The second kappa shape index (κ2) is 4.95. The van der Waals surface area contributed by atoms with Gasteiger partial charge in [-0.2, -0.15) is 5.10 Å². The van der Waals surface area contributed by atoms with Gasteiger partial charge in [0, 0.05) is 18.0 Å². The Balaban J connectivity index is 1.71. The summed E-state index contributed by atoms with van der Waals surface area (Å²) in [4.78, 5) is 20.7. The van der Waals surface area contributed by atoms with Crippen LogP contribution >= 0.6 is 0 Å². The molecule has 0 fully saturated rings. The lowest BCUT2D eigenvalue weighted by molar-refractivity contribution is 1.10. The lowest BCUT2D eigenvalue weighted by Gasteiger charge is -1.99. The molecule has 0 saturated heterocycles. The molecule has 7 nitrogen and oxygen atoms in total. The van der Waals surface area contributed by atoms with Gasteiger partial charge in [0.05, 0.1) is 22.2 Å². The van der Waals surface area contributed by atoms with E-state index in [1.165, 1.54) is 6.33 Å². The van der Waals surface area contributed by atoms with E-state index in [1.54, 1.807) is 12.4 Å². The Morgan fingerprint density at radius 2 is 1.71 bits per heavy atom. The van der Waals surface area contributed by atoms with Crippen molar-refractivity contribution in [3.8, 4) is 22.8 Å². The quantitative estimate of drug-likeness (QED) is 0.522. The first-order valence-electron chi connectivity index (χ1n) is 7.44. The first kappa shape index (κ1) is 12.9. The van der Waals surface area contributed by atoms with Crippen molar-refractivity contribution in [1.29, 1.82) is 0 Å². The number of aromatic nitrogens is 7. The van der Waals surface area contributed by atoms with Crippen molar-refractivity contribution in [3.63, 3.8) is 0 Å². The van der Waals surface area contributed by atoms with Gasteiger partial charge in [-0.1, -0.05) is 12.1 Å². The summed E-state index contributed by atoms with van der Waals surface area (Å²) in [5.74, 6) is 0.691. The highest BCUT2D eigenvalue weighted by Gasteiger charge is 2.14. The van der Waals surface area contributed by atoms with Gasteiger partial charge >= 0.3 is 0 Å². The van der Waals surface area contributed by atoms with E-state index < -0.39 is 0 Å². The van der Waals surface area contributed by atoms with Crippen molar-refractivity contribution >= 4 is 22.1 Å². The number of para-hydroxylation sites is 2. The van der Waals surface area contributed by atoms with Crippen molar-refractivity contribution in [2.75, 3.05) is 0 Å². The molecular weight excluding hydrogens is 302 g/mol. The molecule has 0 aliphatic heterocycles.